The summed E-state index contributed by atoms with van der Waals surface area (Å²) in [6.45, 7) is 3.19. The van der Waals surface area contributed by atoms with Gasteiger partial charge in [-0.2, -0.15) is 0 Å². The number of hydrogen-bond acceptors (Lipinski definition) is 5. The van der Waals surface area contributed by atoms with Crippen LogP contribution in [0, 0.1) is 5.92 Å². The molecule has 2 aromatic heterocycles. The summed E-state index contributed by atoms with van der Waals surface area (Å²) in [5, 5.41) is 0. The standard InChI is InChI=1S/C21H25N5O2/c22-19-6-4-16(12-24-19)18-5-3-17(13-23-18)21(28)25-10-7-15(8-11-25)14-26-9-1-2-20(26)27/h3-6,12-13,15H,1-2,7-11,14H2,(H2,22,24). The van der Waals surface area contributed by atoms with Crippen LogP contribution in [-0.4, -0.2) is 57.8 Å². The zero-order valence-corrected chi connectivity index (χ0v) is 15.9. The molecule has 0 aromatic carbocycles. The molecule has 0 aliphatic carbocycles. The Labute approximate surface area is 164 Å². The Hall–Kier alpha value is -2.96. The number of likely N-dealkylation sites (tertiary alicyclic amines) is 2. The second kappa shape index (κ2) is 7.96. The highest BCUT2D eigenvalue weighted by molar-refractivity contribution is 5.94. The van der Waals surface area contributed by atoms with Gasteiger partial charge >= 0.3 is 0 Å². The third-order valence-electron chi connectivity index (χ3n) is 5.64. The van der Waals surface area contributed by atoms with Gasteiger partial charge in [-0.3, -0.25) is 14.6 Å². The van der Waals surface area contributed by atoms with E-state index in [-0.39, 0.29) is 11.8 Å². The van der Waals surface area contributed by atoms with Gasteiger partial charge in [-0.1, -0.05) is 0 Å². The minimum Gasteiger partial charge on any atom is -0.384 e. The minimum absolute atomic E-state index is 0.0187. The van der Waals surface area contributed by atoms with Gasteiger partial charge in [0.1, 0.15) is 5.82 Å². The SMILES string of the molecule is Nc1ccc(-c2ccc(C(=O)N3CCC(CN4CCCC4=O)CC3)cn2)cn1. The van der Waals surface area contributed by atoms with E-state index in [1.165, 1.54) is 0 Å². The van der Waals surface area contributed by atoms with Gasteiger partial charge in [0, 0.05) is 50.6 Å². The first-order valence-corrected chi connectivity index (χ1v) is 9.85. The summed E-state index contributed by atoms with van der Waals surface area (Å²) in [7, 11) is 0. The summed E-state index contributed by atoms with van der Waals surface area (Å²) in [4.78, 5) is 36.9. The fourth-order valence-electron chi connectivity index (χ4n) is 3.96. The van der Waals surface area contributed by atoms with E-state index in [1.54, 1.807) is 18.5 Å². The molecule has 0 atom stereocenters. The zero-order chi connectivity index (χ0) is 19.5. The predicted octanol–water partition coefficient (Wildman–Crippen LogP) is 2.20. The Morgan fingerprint density at radius 2 is 1.89 bits per heavy atom. The summed E-state index contributed by atoms with van der Waals surface area (Å²) in [5.41, 5.74) is 7.84. The van der Waals surface area contributed by atoms with Crippen LogP contribution in [0.5, 0.6) is 0 Å². The lowest BCUT2D eigenvalue weighted by atomic mass is 9.96. The number of hydrogen-bond donors (Lipinski definition) is 1. The smallest absolute Gasteiger partial charge is 0.255 e. The molecule has 7 nitrogen and oxygen atoms in total. The Bertz CT molecular complexity index is 842. The van der Waals surface area contributed by atoms with Crippen LogP contribution in [0.15, 0.2) is 36.7 Å². The molecule has 2 amide bonds. The molecule has 0 radical (unpaired) electrons. The van der Waals surface area contributed by atoms with E-state index < -0.39 is 0 Å². The summed E-state index contributed by atoms with van der Waals surface area (Å²) in [6.07, 6.45) is 6.85. The maximum atomic E-state index is 12.8. The number of carbonyl (C=O) groups excluding carboxylic acids is 2. The molecule has 2 N–H and O–H groups in total. The van der Waals surface area contributed by atoms with E-state index in [2.05, 4.69) is 9.97 Å². The summed E-state index contributed by atoms with van der Waals surface area (Å²) < 4.78 is 0. The molecule has 28 heavy (non-hydrogen) atoms. The first-order chi connectivity index (χ1) is 13.6. The Morgan fingerprint density at radius 3 is 2.50 bits per heavy atom. The molecule has 0 bridgehead atoms. The Morgan fingerprint density at radius 1 is 1.07 bits per heavy atom. The maximum absolute atomic E-state index is 12.8. The third-order valence-corrected chi connectivity index (χ3v) is 5.64. The van der Waals surface area contributed by atoms with Crippen LogP contribution in [0.4, 0.5) is 5.82 Å². The van der Waals surface area contributed by atoms with Crippen molar-refractivity contribution in [1.82, 2.24) is 19.8 Å². The van der Waals surface area contributed by atoms with E-state index in [1.807, 2.05) is 28.0 Å². The van der Waals surface area contributed by atoms with Crippen LogP contribution in [0.1, 0.15) is 36.0 Å². The van der Waals surface area contributed by atoms with Crippen LogP contribution in [0.3, 0.4) is 0 Å². The summed E-state index contributed by atoms with van der Waals surface area (Å²) in [5.74, 6) is 1.25. The van der Waals surface area contributed by atoms with Crippen molar-refractivity contribution in [3.05, 3.63) is 42.2 Å². The molecular formula is C21H25N5O2. The quantitative estimate of drug-likeness (QED) is 0.879. The highest BCUT2D eigenvalue weighted by Crippen LogP contribution is 2.23. The van der Waals surface area contributed by atoms with Crippen molar-refractivity contribution in [2.24, 2.45) is 5.92 Å². The second-order valence-electron chi connectivity index (χ2n) is 7.58. The van der Waals surface area contributed by atoms with Crippen molar-refractivity contribution in [3.8, 4) is 11.3 Å². The number of nitrogen functional groups attached to an aromatic ring is 1. The number of piperidine rings is 1. The van der Waals surface area contributed by atoms with Gasteiger partial charge in [-0.15, -0.1) is 0 Å². The third kappa shape index (κ3) is 3.98. The predicted molar refractivity (Wildman–Crippen MR) is 106 cm³/mol. The molecule has 0 spiro atoms. The van der Waals surface area contributed by atoms with Crippen molar-refractivity contribution in [3.63, 3.8) is 0 Å². The molecule has 2 fully saturated rings. The first-order valence-electron chi connectivity index (χ1n) is 9.85. The van der Waals surface area contributed by atoms with E-state index in [9.17, 15) is 9.59 Å². The monoisotopic (exact) mass is 379 g/mol. The van der Waals surface area contributed by atoms with Crippen LogP contribution < -0.4 is 5.73 Å². The van der Waals surface area contributed by atoms with Gasteiger partial charge in [0.25, 0.3) is 5.91 Å². The van der Waals surface area contributed by atoms with Crippen molar-refractivity contribution in [2.45, 2.75) is 25.7 Å². The number of nitrogens with two attached hydrogens (primary N) is 1. The molecule has 7 heteroatoms. The van der Waals surface area contributed by atoms with Crippen molar-refractivity contribution >= 4 is 17.6 Å². The number of aromatic nitrogens is 2. The number of pyridine rings is 2. The van der Waals surface area contributed by atoms with Gasteiger partial charge in [0.2, 0.25) is 5.91 Å². The van der Waals surface area contributed by atoms with Gasteiger partial charge < -0.3 is 15.5 Å². The number of amides is 2. The molecule has 2 aliphatic heterocycles. The van der Waals surface area contributed by atoms with Gasteiger partial charge in [0.05, 0.1) is 11.3 Å². The highest BCUT2D eigenvalue weighted by Gasteiger charge is 2.28. The zero-order valence-electron chi connectivity index (χ0n) is 15.9. The topological polar surface area (TPSA) is 92.4 Å². The molecular weight excluding hydrogens is 354 g/mol. The van der Waals surface area contributed by atoms with Crippen LogP contribution in [-0.2, 0) is 4.79 Å². The molecule has 4 heterocycles. The van der Waals surface area contributed by atoms with Crippen molar-refractivity contribution < 1.29 is 9.59 Å². The minimum atomic E-state index is 0.0187. The molecule has 2 saturated heterocycles. The van der Waals surface area contributed by atoms with E-state index in [4.69, 9.17) is 5.73 Å². The number of rotatable bonds is 4. The van der Waals surface area contributed by atoms with Gasteiger partial charge in [-0.05, 0) is 49.4 Å². The molecule has 0 unspecified atom stereocenters. The van der Waals surface area contributed by atoms with E-state index >= 15 is 0 Å². The van der Waals surface area contributed by atoms with Gasteiger partial charge in [0.15, 0.2) is 0 Å². The van der Waals surface area contributed by atoms with Gasteiger partial charge in [-0.25, -0.2) is 4.98 Å². The largest absolute Gasteiger partial charge is 0.384 e. The van der Waals surface area contributed by atoms with E-state index in [0.717, 1.165) is 56.7 Å². The van der Waals surface area contributed by atoms with Crippen LogP contribution in [0.25, 0.3) is 11.3 Å². The lowest BCUT2D eigenvalue weighted by Gasteiger charge is -2.34. The summed E-state index contributed by atoms with van der Waals surface area (Å²) in [6, 6.07) is 7.25. The highest BCUT2D eigenvalue weighted by atomic mass is 16.2. The van der Waals surface area contributed by atoms with Crippen molar-refractivity contribution in [2.75, 3.05) is 31.9 Å². The fraction of sp³-hybridized carbons (Fsp3) is 0.429. The van der Waals surface area contributed by atoms with Crippen LogP contribution in [0.2, 0.25) is 0 Å². The second-order valence-corrected chi connectivity index (χ2v) is 7.58. The number of nitrogens with zero attached hydrogens (tertiary/aromatic N) is 4. The Kier molecular flexibility index (Phi) is 5.23. The summed E-state index contributed by atoms with van der Waals surface area (Å²) >= 11 is 0. The lowest BCUT2D eigenvalue weighted by Crippen LogP contribution is -2.41. The molecule has 2 aromatic rings. The first kappa shape index (κ1) is 18.4. The molecule has 146 valence electrons. The average molecular weight is 379 g/mol. The normalized spacial score (nSPS) is 17.9. The maximum Gasteiger partial charge on any atom is 0.255 e. The number of anilines is 1. The fourth-order valence-corrected chi connectivity index (χ4v) is 3.96. The number of carbonyl (C=O) groups is 2. The molecule has 0 saturated carbocycles. The Balaban J connectivity index is 1.33. The van der Waals surface area contributed by atoms with Crippen LogP contribution >= 0.6 is 0 Å². The lowest BCUT2D eigenvalue weighted by molar-refractivity contribution is -0.128. The molecule has 4 rings (SSSR count). The van der Waals surface area contributed by atoms with Crippen molar-refractivity contribution in [1.29, 1.82) is 0 Å². The average Bonchev–Trinajstić information content (AvgIpc) is 3.13. The molecule has 2 aliphatic rings. The van der Waals surface area contributed by atoms with E-state index in [0.29, 0.717) is 23.7 Å².